The van der Waals surface area contributed by atoms with Gasteiger partial charge in [-0.3, -0.25) is 4.79 Å². The van der Waals surface area contributed by atoms with Crippen LogP contribution >= 0.6 is 0 Å². The summed E-state index contributed by atoms with van der Waals surface area (Å²) in [6.45, 7) is 1.40. The Kier molecular flexibility index (Phi) is 3.67. The summed E-state index contributed by atoms with van der Waals surface area (Å²) in [5, 5.41) is 2.91. The van der Waals surface area contributed by atoms with Crippen LogP contribution in [0.25, 0.3) is 0 Å². The van der Waals surface area contributed by atoms with Crippen LogP contribution in [0.4, 0.5) is 5.95 Å². The minimum absolute atomic E-state index is 0.0686. The van der Waals surface area contributed by atoms with E-state index >= 15 is 0 Å². The van der Waals surface area contributed by atoms with Crippen molar-refractivity contribution in [3.8, 4) is 0 Å². The van der Waals surface area contributed by atoms with E-state index in [1.54, 1.807) is 13.2 Å². The fourth-order valence-corrected chi connectivity index (χ4v) is 2.85. The van der Waals surface area contributed by atoms with Gasteiger partial charge in [0.05, 0.1) is 17.8 Å². The lowest BCUT2D eigenvalue weighted by atomic mass is 9.97. The molecule has 106 valence electrons. The number of amides is 1. The molecule has 2 aliphatic rings. The molecule has 0 radical (unpaired) electrons. The minimum atomic E-state index is 0.0686. The van der Waals surface area contributed by atoms with Gasteiger partial charge in [0.15, 0.2) is 0 Å². The number of nitrogens with zero attached hydrogens (tertiary/aromatic N) is 3. The van der Waals surface area contributed by atoms with E-state index in [1.165, 1.54) is 31.3 Å². The number of nitrogens with one attached hydrogen (secondary N) is 1. The lowest BCUT2D eigenvalue weighted by Crippen LogP contribution is -2.25. The van der Waals surface area contributed by atoms with Gasteiger partial charge in [-0.1, -0.05) is 11.6 Å². The zero-order valence-electron chi connectivity index (χ0n) is 11.9. The largest absolute Gasteiger partial charge is 0.357 e. The highest BCUT2D eigenvalue weighted by Crippen LogP contribution is 2.24. The summed E-state index contributed by atoms with van der Waals surface area (Å²) >= 11 is 0. The maximum atomic E-state index is 12.3. The van der Waals surface area contributed by atoms with E-state index in [-0.39, 0.29) is 5.91 Å². The molecule has 0 aromatic carbocycles. The lowest BCUT2D eigenvalue weighted by Gasteiger charge is -2.18. The molecule has 0 bridgehead atoms. The number of allylic oxidation sites excluding steroid dienone is 1. The molecular formula is C15H20N4O. The highest BCUT2D eigenvalue weighted by molar-refractivity contribution is 5.97. The van der Waals surface area contributed by atoms with E-state index in [2.05, 4.69) is 21.4 Å². The highest BCUT2D eigenvalue weighted by Gasteiger charge is 2.29. The van der Waals surface area contributed by atoms with Crippen molar-refractivity contribution in [3.63, 3.8) is 0 Å². The Morgan fingerprint density at radius 3 is 3.05 bits per heavy atom. The molecule has 20 heavy (non-hydrogen) atoms. The smallest absolute Gasteiger partial charge is 0.257 e. The van der Waals surface area contributed by atoms with E-state index in [1.807, 2.05) is 4.90 Å². The second kappa shape index (κ2) is 5.61. The van der Waals surface area contributed by atoms with Crippen LogP contribution in [0.3, 0.4) is 0 Å². The molecule has 0 saturated heterocycles. The van der Waals surface area contributed by atoms with Gasteiger partial charge in [0.1, 0.15) is 0 Å². The van der Waals surface area contributed by atoms with Gasteiger partial charge in [-0.15, -0.1) is 0 Å². The van der Waals surface area contributed by atoms with Gasteiger partial charge < -0.3 is 10.2 Å². The molecule has 2 heterocycles. The van der Waals surface area contributed by atoms with Gasteiger partial charge >= 0.3 is 0 Å². The molecule has 0 atom stereocenters. The third-order valence-corrected chi connectivity index (χ3v) is 4.04. The molecule has 1 amide bonds. The molecule has 3 rings (SSSR count). The Morgan fingerprint density at radius 2 is 2.30 bits per heavy atom. The number of anilines is 1. The first kappa shape index (κ1) is 13.1. The number of hydrogen-bond acceptors (Lipinski definition) is 4. The molecule has 0 spiro atoms. The first-order chi connectivity index (χ1) is 9.78. The first-order valence-corrected chi connectivity index (χ1v) is 7.29. The van der Waals surface area contributed by atoms with E-state index in [9.17, 15) is 4.79 Å². The SMILES string of the molecule is CNc1ncc2c(n1)CN(CCC1=CCCCC1)C2=O. The Morgan fingerprint density at radius 1 is 1.40 bits per heavy atom. The van der Waals surface area contributed by atoms with E-state index in [0.717, 1.165) is 18.7 Å². The van der Waals surface area contributed by atoms with Crippen molar-refractivity contribution in [1.29, 1.82) is 0 Å². The summed E-state index contributed by atoms with van der Waals surface area (Å²) in [4.78, 5) is 22.6. The van der Waals surface area contributed by atoms with Gasteiger partial charge in [-0.25, -0.2) is 9.97 Å². The predicted molar refractivity (Wildman–Crippen MR) is 77.5 cm³/mol. The summed E-state index contributed by atoms with van der Waals surface area (Å²) in [5.41, 5.74) is 3.00. The van der Waals surface area contributed by atoms with Crippen molar-refractivity contribution in [2.24, 2.45) is 0 Å². The van der Waals surface area contributed by atoms with Crippen LogP contribution in [0.2, 0.25) is 0 Å². The van der Waals surface area contributed by atoms with Gasteiger partial charge in [-0.2, -0.15) is 0 Å². The molecule has 1 aliphatic carbocycles. The lowest BCUT2D eigenvalue weighted by molar-refractivity contribution is 0.0779. The van der Waals surface area contributed by atoms with Crippen LogP contribution < -0.4 is 5.32 Å². The van der Waals surface area contributed by atoms with Gasteiger partial charge in [-0.05, 0) is 32.1 Å². The molecule has 0 saturated carbocycles. The minimum Gasteiger partial charge on any atom is -0.357 e. The fourth-order valence-electron chi connectivity index (χ4n) is 2.85. The molecule has 0 fully saturated rings. The van der Waals surface area contributed by atoms with Crippen molar-refractivity contribution >= 4 is 11.9 Å². The van der Waals surface area contributed by atoms with Gasteiger partial charge in [0.25, 0.3) is 5.91 Å². The highest BCUT2D eigenvalue weighted by atomic mass is 16.2. The number of hydrogen-bond donors (Lipinski definition) is 1. The maximum absolute atomic E-state index is 12.3. The Labute approximate surface area is 119 Å². The molecular weight excluding hydrogens is 252 g/mol. The molecule has 1 aromatic heterocycles. The summed E-state index contributed by atoms with van der Waals surface area (Å²) in [5.74, 6) is 0.646. The number of carbonyl (C=O) groups excluding carboxylic acids is 1. The van der Waals surface area contributed by atoms with Crippen LogP contribution in [-0.2, 0) is 6.54 Å². The topological polar surface area (TPSA) is 58.1 Å². The van der Waals surface area contributed by atoms with Crippen LogP contribution in [0, 0.1) is 0 Å². The second-order valence-corrected chi connectivity index (χ2v) is 5.39. The Balaban J connectivity index is 1.65. The molecule has 5 heteroatoms. The molecule has 1 N–H and O–H groups in total. The number of fused-ring (bicyclic) bond motifs is 1. The summed E-state index contributed by atoms with van der Waals surface area (Å²) in [6, 6.07) is 0. The summed E-state index contributed by atoms with van der Waals surface area (Å²) < 4.78 is 0. The van der Waals surface area contributed by atoms with Crippen LogP contribution in [0.1, 0.15) is 48.2 Å². The monoisotopic (exact) mass is 272 g/mol. The average Bonchev–Trinajstić information content (AvgIpc) is 2.82. The van der Waals surface area contributed by atoms with E-state index in [4.69, 9.17) is 0 Å². The van der Waals surface area contributed by atoms with Gasteiger partial charge in [0.2, 0.25) is 5.95 Å². The Hall–Kier alpha value is -1.91. The molecule has 1 aromatic rings. The van der Waals surface area contributed by atoms with Crippen molar-refractivity contribution in [2.45, 2.75) is 38.6 Å². The van der Waals surface area contributed by atoms with Crippen molar-refractivity contribution < 1.29 is 4.79 Å². The fraction of sp³-hybridized carbons (Fsp3) is 0.533. The average molecular weight is 272 g/mol. The number of carbonyl (C=O) groups is 1. The summed E-state index contributed by atoms with van der Waals surface area (Å²) in [6.07, 6.45) is 9.95. The van der Waals surface area contributed by atoms with E-state index in [0.29, 0.717) is 18.1 Å². The quantitative estimate of drug-likeness (QED) is 0.855. The van der Waals surface area contributed by atoms with Crippen molar-refractivity contribution in [2.75, 3.05) is 18.9 Å². The third-order valence-electron chi connectivity index (χ3n) is 4.04. The summed E-state index contributed by atoms with van der Waals surface area (Å²) in [7, 11) is 1.78. The van der Waals surface area contributed by atoms with E-state index < -0.39 is 0 Å². The zero-order valence-corrected chi connectivity index (χ0v) is 11.9. The number of aromatic nitrogens is 2. The molecule has 1 aliphatic heterocycles. The maximum Gasteiger partial charge on any atom is 0.257 e. The van der Waals surface area contributed by atoms with Crippen LogP contribution in [-0.4, -0.2) is 34.4 Å². The predicted octanol–water partition coefficient (Wildman–Crippen LogP) is 2.36. The van der Waals surface area contributed by atoms with Crippen molar-refractivity contribution in [3.05, 3.63) is 29.1 Å². The second-order valence-electron chi connectivity index (χ2n) is 5.39. The van der Waals surface area contributed by atoms with Gasteiger partial charge in [0, 0.05) is 19.8 Å². The number of rotatable bonds is 4. The standard InChI is InChI=1S/C15H20N4O/c1-16-15-17-9-12-13(18-15)10-19(14(12)20)8-7-11-5-3-2-4-6-11/h5,9H,2-4,6-8,10H2,1H3,(H,16,17,18). The molecule has 0 unspecified atom stereocenters. The van der Waals surface area contributed by atoms with Crippen LogP contribution in [0.15, 0.2) is 17.8 Å². The zero-order chi connectivity index (χ0) is 13.9. The first-order valence-electron chi connectivity index (χ1n) is 7.29. The Bertz CT molecular complexity index is 553. The van der Waals surface area contributed by atoms with Crippen LogP contribution in [0.5, 0.6) is 0 Å². The third kappa shape index (κ3) is 2.53. The normalized spacial score (nSPS) is 17.9. The van der Waals surface area contributed by atoms with Crippen molar-refractivity contribution in [1.82, 2.24) is 14.9 Å². The molecule has 5 nitrogen and oxygen atoms in total.